The van der Waals surface area contributed by atoms with E-state index in [1.165, 1.54) is 16.7 Å². The average molecular weight is 321 g/mol. The number of ether oxygens (including phenoxy) is 3. The van der Waals surface area contributed by atoms with Crippen LogP contribution in [0.15, 0.2) is 12.1 Å². The Morgan fingerprint density at radius 3 is 2.35 bits per heavy atom. The third-order valence-corrected chi connectivity index (χ3v) is 4.39. The molecule has 23 heavy (non-hydrogen) atoms. The topological polar surface area (TPSA) is 30.9 Å². The highest BCUT2D eigenvalue weighted by Crippen LogP contribution is 2.25. The fourth-order valence-electron chi connectivity index (χ4n) is 3.11. The molecule has 2 atom stereocenters. The molecule has 0 unspecified atom stereocenters. The average Bonchev–Trinajstić information content (AvgIpc) is 2.48. The van der Waals surface area contributed by atoms with Gasteiger partial charge in [-0.1, -0.05) is 12.1 Å². The largest absolute Gasteiger partial charge is 0.491 e. The number of hydrogen-bond donors (Lipinski definition) is 0. The van der Waals surface area contributed by atoms with Crippen LogP contribution < -0.4 is 4.74 Å². The Labute approximate surface area is 140 Å². The second-order valence-corrected chi connectivity index (χ2v) is 6.63. The van der Waals surface area contributed by atoms with E-state index in [0.29, 0.717) is 25.4 Å². The van der Waals surface area contributed by atoms with Crippen LogP contribution in [0.2, 0.25) is 0 Å². The van der Waals surface area contributed by atoms with E-state index in [9.17, 15) is 0 Å². The summed E-state index contributed by atoms with van der Waals surface area (Å²) in [5, 5.41) is 0. The molecule has 0 aromatic heterocycles. The molecule has 1 heterocycles. The lowest BCUT2D eigenvalue weighted by Crippen LogP contribution is -2.46. The van der Waals surface area contributed by atoms with E-state index in [0.717, 1.165) is 32.0 Å². The molecule has 0 aliphatic carbocycles. The predicted molar refractivity (Wildman–Crippen MR) is 93.4 cm³/mol. The lowest BCUT2D eigenvalue weighted by molar-refractivity contribution is -0.0734. The minimum absolute atomic E-state index is 0.314. The highest BCUT2D eigenvalue weighted by atomic mass is 16.5. The molecule has 4 nitrogen and oxygen atoms in total. The third kappa shape index (κ3) is 5.48. The van der Waals surface area contributed by atoms with Crippen LogP contribution >= 0.6 is 0 Å². The van der Waals surface area contributed by atoms with Crippen molar-refractivity contribution in [2.24, 2.45) is 0 Å². The molecule has 0 amide bonds. The molecule has 1 aliphatic rings. The van der Waals surface area contributed by atoms with Gasteiger partial charge in [-0.15, -0.1) is 0 Å². The molecule has 0 radical (unpaired) electrons. The van der Waals surface area contributed by atoms with Crippen LogP contribution in [0, 0.1) is 20.8 Å². The summed E-state index contributed by atoms with van der Waals surface area (Å²) in [6.45, 7) is 15.5. The Morgan fingerprint density at radius 1 is 1.00 bits per heavy atom. The lowest BCUT2D eigenvalue weighted by Gasteiger charge is -2.35. The minimum Gasteiger partial charge on any atom is -0.491 e. The van der Waals surface area contributed by atoms with E-state index in [1.54, 1.807) is 0 Å². The second-order valence-electron chi connectivity index (χ2n) is 6.63. The molecule has 1 aromatic rings. The Kier molecular flexibility index (Phi) is 6.88. The van der Waals surface area contributed by atoms with Crippen molar-refractivity contribution in [1.29, 1.82) is 0 Å². The normalized spacial score (nSPS) is 22.3. The number of benzene rings is 1. The monoisotopic (exact) mass is 321 g/mol. The standard InChI is InChI=1S/C19H31NO3/c1-14-6-7-15(2)19(18(14)5)22-11-10-21-9-8-20-12-16(3)23-17(4)13-20/h6-7,16-17H,8-13H2,1-5H3/t16-,17-/m0/s1. The van der Waals surface area contributed by atoms with Gasteiger partial charge in [0.15, 0.2) is 0 Å². The van der Waals surface area contributed by atoms with Gasteiger partial charge in [0.05, 0.1) is 25.4 Å². The highest BCUT2D eigenvalue weighted by Gasteiger charge is 2.21. The Hall–Kier alpha value is -1.10. The van der Waals surface area contributed by atoms with Gasteiger partial charge in [-0.25, -0.2) is 0 Å². The molecule has 1 aliphatic heterocycles. The fourth-order valence-corrected chi connectivity index (χ4v) is 3.11. The van der Waals surface area contributed by atoms with Crippen molar-refractivity contribution in [2.45, 2.75) is 46.8 Å². The van der Waals surface area contributed by atoms with Crippen LogP contribution in [0.5, 0.6) is 5.75 Å². The summed E-state index contributed by atoms with van der Waals surface area (Å²) in [7, 11) is 0. The molecule has 0 bridgehead atoms. The molecule has 1 saturated heterocycles. The molecular weight excluding hydrogens is 290 g/mol. The Morgan fingerprint density at radius 2 is 1.65 bits per heavy atom. The maximum Gasteiger partial charge on any atom is 0.125 e. The number of morpholine rings is 1. The van der Waals surface area contributed by atoms with E-state index >= 15 is 0 Å². The van der Waals surface area contributed by atoms with E-state index in [-0.39, 0.29) is 0 Å². The molecule has 2 rings (SSSR count). The maximum atomic E-state index is 5.92. The first-order chi connectivity index (χ1) is 11.0. The van der Waals surface area contributed by atoms with Gasteiger partial charge in [-0.3, -0.25) is 4.90 Å². The highest BCUT2D eigenvalue weighted by molar-refractivity contribution is 5.44. The first-order valence-electron chi connectivity index (χ1n) is 8.62. The SMILES string of the molecule is Cc1ccc(C)c(OCCOCCN2C[C@H](C)O[C@@H](C)C2)c1C. The molecule has 4 heteroatoms. The maximum absolute atomic E-state index is 5.92. The number of rotatable bonds is 7. The van der Waals surface area contributed by atoms with Crippen LogP contribution in [0.25, 0.3) is 0 Å². The van der Waals surface area contributed by atoms with Crippen molar-refractivity contribution in [2.75, 3.05) is 39.5 Å². The van der Waals surface area contributed by atoms with E-state index in [4.69, 9.17) is 14.2 Å². The van der Waals surface area contributed by atoms with Gasteiger partial charge in [0.1, 0.15) is 12.4 Å². The van der Waals surface area contributed by atoms with E-state index in [1.807, 2.05) is 0 Å². The Bertz CT molecular complexity index is 494. The van der Waals surface area contributed by atoms with Crippen LogP contribution in [0.3, 0.4) is 0 Å². The van der Waals surface area contributed by atoms with Gasteiger partial charge in [-0.05, 0) is 51.3 Å². The summed E-state index contributed by atoms with van der Waals surface area (Å²) in [5.41, 5.74) is 3.67. The van der Waals surface area contributed by atoms with Gasteiger partial charge in [0.2, 0.25) is 0 Å². The second kappa shape index (κ2) is 8.67. The molecule has 0 saturated carbocycles. The van der Waals surface area contributed by atoms with Crippen LogP contribution in [-0.2, 0) is 9.47 Å². The zero-order valence-electron chi connectivity index (χ0n) is 15.2. The van der Waals surface area contributed by atoms with Gasteiger partial charge >= 0.3 is 0 Å². The van der Waals surface area contributed by atoms with Gasteiger partial charge < -0.3 is 14.2 Å². The zero-order chi connectivity index (χ0) is 16.8. The lowest BCUT2D eigenvalue weighted by atomic mass is 10.1. The molecule has 1 aromatic carbocycles. The Balaban J connectivity index is 1.64. The van der Waals surface area contributed by atoms with Crippen molar-refractivity contribution in [3.8, 4) is 5.75 Å². The first-order valence-corrected chi connectivity index (χ1v) is 8.62. The smallest absolute Gasteiger partial charge is 0.125 e. The molecule has 1 fully saturated rings. The fraction of sp³-hybridized carbons (Fsp3) is 0.684. The van der Waals surface area contributed by atoms with Crippen molar-refractivity contribution in [3.05, 3.63) is 28.8 Å². The minimum atomic E-state index is 0.314. The first kappa shape index (κ1) is 18.2. The van der Waals surface area contributed by atoms with Gasteiger partial charge in [0, 0.05) is 19.6 Å². The summed E-state index contributed by atoms with van der Waals surface area (Å²) < 4.78 is 17.4. The number of nitrogens with zero attached hydrogens (tertiary/aromatic N) is 1. The summed E-state index contributed by atoms with van der Waals surface area (Å²) in [5.74, 6) is 1.00. The van der Waals surface area contributed by atoms with Gasteiger partial charge in [-0.2, -0.15) is 0 Å². The van der Waals surface area contributed by atoms with Crippen LogP contribution in [-0.4, -0.2) is 56.6 Å². The number of hydrogen-bond acceptors (Lipinski definition) is 4. The molecular formula is C19H31NO3. The number of aryl methyl sites for hydroxylation is 2. The predicted octanol–water partition coefficient (Wildman–Crippen LogP) is 3.12. The molecule has 0 N–H and O–H groups in total. The third-order valence-electron chi connectivity index (χ3n) is 4.39. The van der Waals surface area contributed by atoms with Crippen molar-refractivity contribution < 1.29 is 14.2 Å². The van der Waals surface area contributed by atoms with Gasteiger partial charge in [0.25, 0.3) is 0 Å². The summed E-state index contributed by atoms with van der Waals surface area (Å²) in [4.78, 5) is 2.41. The van der Waals surface area contributed by atoms with Crippen LogP contribution in [0.1, 0.15) is 30.5 Å². The quantitative estimate of drug-likeness (QED) is 0.722. The van der Waals surface area contributed by atoms with E-state index in [2.05, 4.69) is 51.7 Å². The summed E-state index contributed by atoms with van der Waals surface area (Å²) in [6, 6.07) is 4.25. The zero-order valence-corrected chi connectivity index (χ0v) is 15.2. The van der Waals surface area contributed by atoms with Crippen LogP contribution in [0.4, 0.5) is 0 Å². The summed E-state index contributed by atoms with van der Waals surface area (Å²) in [6.07, 6.45) is 0.628. The summed E-state index contributed by atoms with van der Waals surface area (Å²) >= 11 is 0. The van der Waals surface area contributed by atoms with Crippen molar-refractivity contribution in [3.63, 3.8) is 0 Å². The molecule has 0 spiro atoms. The van der Waals surface area contributed by atoms with Crippen molar-refractivity contribution >= 4 is 0 Å². The van der Waals surface area contributed by atoms with Crippen molar-refractivity contribution in [1.82, 2.24) is 4.90 Å². The molecule has 130 valence electrons. The van der Waals surface area contributed by atoms with E-state index < -0.39 is 0 Å².